The van der Waals surface area contributed by atoms with Crippen LogP contribution in [0.5, 0.6) is 0 Å². The maximum atomic E-state index is 13.5. The van der Waals surface area contributed by atoms with E-state index in [0.717, 1.165) is 19.3 Å². The predicted octanol–water partition coefficient (Wildman–Crippen LogP) is 2.51. The Kier molecular flexibility index (Phi) is 4.20. The number of piperidine rings is 1. The van der Waals surface area contributed by atoms with Crippen LogP contribution in [0.2, 0.25) is 0 Å². The minimum absolute atomic E-state index is 0.161. The first-order valence-electron chi connectivity index (χ1n) is 6.76. The third-order valence-corrected chi connectivity index (χ3v) is 3.79. The number of halogens is 1. The van der Waals surface area contributed by atoms with Gasteiger partial charge >= 0.3 is 0 Å². The van der Waals surface area contributed by atoms with Crippen LogP contribution in [0, 0.1) is 12.7 Å². The molecule has 2 rings (SSSR count). The normalized spacial score (nSPS) is 21.3. The van der Waals surface area contributed by atoms with E-state index in [1.54, 1.807) is 30.9 Å². The van der Waals surface area contributed by atoms with Gasteiger partial charge in [0.05, 0.1) is 12.1 Å². The lowest BCUT2D eigenvalue weighted by molar-refractivity contribution is 0.0280. The summed E-state index contributed by atoms with van der Waals surface area (Å²) >= 11 is 0. The van der Waals surface area contributed by atoms with Gasteiger partial charge in [0, 0.05) is 12.1 Å². The number of aliphatic hydroxyl groups is 1. The van der Waals surface area contributed by atoms with E-state index >= 15 is 0 Å². The van der Waals surface area contributed by atoms with Crippen LogP contribution in [0.15, 0.2) is 18.2 Å². The van der Waals surface area contributed by atoms with E-state index in [1.165, 1.54) is 6.07 Å². The lowest BCUT2D eigenvalue weighted by Gasteiger charge is -2.37. The first-order chi connectivity index (χ1) is 9.00. The fourth-order valence-corrected chi connectivity index (χ4v) is 2.60. The number of amides is 1. The van der Waals surface area contributed by atoms with Crippen molar-refractivity contribution in [2.45, 2.75) is 45.3 Å². The summed E-state index contributed by atoms with van der Waals surface area (Å²) in [5.74, 6) is -0.555. The molecule has 1 aliphatic rings. The second-order valence-corrected chi connectivity index (χ2v) is 5.27. The van der Waals surface area contributed by atoms with Crippen LogP contribution >= 0.6 is 0 Å². The summed E-state index contributed by atoms with van der Waals surface area (Å²) in [7, 11) is 0. The third-order valence-electron chi connectivity index (χ3n) is 3.79. The number of rotatable bonds is 2. The lowest BCUT2D eigenvalue weighted by Crippen LogP contribution is -2.48. The van der Waals surface area contributed by atoms with Crippen LogP contribution in [-0.2, 0) is 0 Å². The topological polar surface area (TPSA) is 40.5 Å². The summed E-state index contributed by atoms with van der Waals surface area (Å²) in [6.45, 7) is 4.00. The number of likely N-dealkylation sites (tertiary alicyclic amines) is 1. The van der Waals surface area contributed by atoms with Gasteiger partial charge in [-0.05, 0) is 50.8 Å². The van der Waals surface area contributed by atoms with E-state index in [-0.39, 0.29) is 17.8 Å². The number of carbonyl (C=O) groups excluding carboxylic acids is 1. The highest BCUT2D eigenvalue weighted by atomic mass is 19.1. The molecule has 19 heavy (non-hydrogen) atoms. The molecule has 1 heterocycles. The Morgan fingerprint density at radius 3 is 2.84 bits per heavy atom. The lowest BCUT2D eigenvalue weighted by atomic mass is 9.97. The first kappa shape index (κ1) is 14.0. The molecule has 2 atom stereocenters. The molecule has 0 aromatic heterocycles. The van der Waals surface area contributed by atoms with E-state index in [1.807, 2.05) is 0 Å². The first-order valence-corrected chi connectivity index (χ1v) is 6.76. The summed E-state index contributed by atoms with van der Waals surface area (Å²) in [6, 6.07) is 4.38. The molecule has 3 nitrogen and oxygen atoms in total. The van der Waals surface area contributed by atoms with Crippen molar-refractivity contribution >= 4 is 5.91 Å². The molecule has 1 saturated heterocycles. The van der Waals surface area contributed by atoms with Gasteiger partial charge in [-0.15, -0.1) is 0 Å². The summed E-state index contributed by atoms with van der Waals surface area (Å²) in [5.41, 5.74) is 0.887. The highest BCUT2D eigenvalue weighted by Gasteiger charge is 2.30. The fourth-order valence-electron chi connectivity index (χ4n) is 2.60. The Balaban J connectivity index is 2.23. The molecular formula is C15H20FNO2. The van der Waals surface area contributed by atoms with Gasteiger partial charge in [-0.2, -0.15) is 0 Å². The average molecular weight is 265 g/mol. The van der Waals surface area contributed by atoms with Crippen molar-refractivity contribution in [3.05, 3.63) is 35.1 Å². The minimum Gasteiger partial charge on any atom is -0.391 e. The second kappa shape index (κ2) is 5.70. The van der Waals surface area contributed by atoms with Crippen LogP contribution in [-0.4, -0.2) is 34.6 Å². The number of benzene rings is 1. The number of nitrogens with zero attached hydrogens (tertiary/aromatic N) is 1. The van der Waals surface area contributed by atoms with Gasteiger partial charge < -0.3 is 10.0 Å². The van der Waals surface area contributed by atoms with Crippen molar-refractivity contribution < 1.29 is 14.3 Å². The zero-order valence-electron chi connectivity index (χ0n) is 11.4. The quantitative estimate of drug-likeness (QED) is 0.892. The monoisotopic (exact) mass is 265 g/mol. The summed E-state index contributed by atoms with van der Waals surface area (Å²) in [6.07, 6.45) is 2.20. The molecule has 1 amide bonds. The molecule has 4 heteroatoms. The van der Waals surface area contributed by atoms with E-state index < -0.39 is 6.10 Å². The molecule has 104 valence electrons. The molecule has 0 saturated carbocycles. The van der Waals surface area contributed by atoms with Gasteiger partial charge in [-0.1, -0.05) is 6.07 Å². The Bertz CT molecular complexity index is 473. The van der Waals surface area contributed by atoms with Crippen LogP contribution < -0.4 is 0 Å². The molecule has 1 aromatic carbocycles. The van der Waals surface area contributed by atoms with Crippen molar-refractivity contribution in [2.24, 2.45) is 0 Å². The van der Waals surface area contributed by atoms with Crippen LogP contribution in [0.3, 0.4) is 0 Å². The number of aryl methyl sites for hydroxylation is 1. The van der Waals surface area contributed by atoms with Crippen molar-refractivity contribution in [1.82, 2.24) is 4.90 Å². The Morgan fingerprint density at radius 1 is 1.47 bits per heavy atom. The Hall–Kier alpha value is -1.42. The molecule has 0 spiro atoms. The fraction of sp³-hybridized carbons (Fsp3) is 0.533. The van der Waals surface area contributed by atoms with Gasteiger partial charge in [-0.25, -0.2) is 4.39 Å². The standard InChI is InChI=1S/C15H20FNO2/c1-10-6-7-12(9-13(10)16)15(19)17-8-4-3-5-14(17)11(2)18/h6-7,9,11,14,18H,3-5,8H2,1-2H3. The second-order valence-electron chi connectivity index (χ2n) is 5.27. The summed E-state index contributed by atoms with van der Waals surface area (Å²) in [4.78, 5) is 14.1. The smallest absolute Gasteiger partial charge is 0.254 e. The summed E-state index contributed by atoms with van der Waals surface area (Å²) in [5, 5.41) is 9.77. The van der Waals surface area contributed by atoms with Gasteiger partial charge in [0.1, 0.15) is 5.82 Å². The molecule has 0 bridgehead atoms. The molecule has 1 aromatic rings. The molecule has 0 aliphatic carbocycles. The highest BCUT2D eigenvalue weighted by Crippen LogP contribution is 2.22. The van der Waals surface area contributed by atoms with Crippen LogP contribution in [0.1, 0.15) is 42.1 Å². The largest absolute Gasteiger partial charge is 0.391 e. The van der Waals surface area contributed by atoms with Gasteiger partial charge in [0.2, 0.25) is 0 Å². The molecule has 0 radical (unpaired) electrons. The number of hydrogen-bond donors (Lipinski definition) is 1. The SMILES string of the molecule is Cc1ccc(C(=O)N2CCCCC2C(C)O)cc1F. The van der Waals surface area contributed by atoms with E-state index in [0.29, 0.717) is 17.7 Å². The van der Waals surface area contributed by atoms with Crippen LogP contribution in [0.4, 0.5) is 4.39 Å². The average Bonchev–Trinajstić information content (AvgIpc) is 2.41. The van der Waals surface area contributed by atoms with Gasteiger partial charge in [0.25, 0.3) is 5.91 Å². The maximum absolute atomic E-state index is 13.5. The van der Waals surface area contributed by atoms with Gasteiger partial charge in [0.15, 0.2) is 0 Å². The molecule has 1 fully saturated rings. The van der Waals surface area contributed by atoms with E-state index in [2.05, 4.69) is 0 Å². The zero-order valence-corrected chi connectivity index (χ0v) is 11.4. The number of hydrogen-bond acceptors (Lipinski definition) is 2. The zero-order chi connectivity index (χ0) is 14.0. The minimum atomic E-state index is -0.556. The highest BCUT2D eigenvalue weighted by molar-refractivity contribution is 5.94. The van der Waals surface area contributed by atoms with Crippen LogP contribution in [0.25, 0.3) is 0 Å². The van der Waals surface area contributed by atoms with Crippen molar-refractivity contribution in [2.75, 3.05) is 6.54 Å². The van der Waals surface area contributed by atoms with E-state index in [4.69, 9.17) is 0 Å². The third kappa shape index (κ3) is 2.95. The Labute approximate surface area is 113 Å². The van der Waals surface area contributed by atoms with E-state index in [9.17, 15) is 14.3 Å². The van der Waals surface area contributed by atoms with Crippen molar-refractivity contribution in [1.29, 1.82) is 0 Å². The predicted molar refractivity (Wildman–Crippen MR) is 71.5 cm³/mol. The number of aliphatic hydroxyl groups excluding tert-OH is 1. The number of carbonyl (C=O) groups is 1. The molecular weight excluding hydrogens is 245 g/mol. The van der Waals surface area contributed by atoms with Crippen molar-refractivity contribution in [3.8, 4) is 0 Å². The Morgan fingerprint density at radius 2 is 2.21 bits per heavy atom. The van der Waals surface area contributed by atoms with Gasteiger partial charge in [-0.3, -0.25) is 4.79 Å². The molecule has 1 N–H and O–H groups in total. The van der Waals surface area contributed by atoms with Crippen molar-refractivity contribution in [3.63, 3.8) is 0 Å². The molecule has 2 unspecified atom stereocenters. The maximum Gasteiger partial charge on any atom is 0.254 e. The molecule has 1 aliphatic heterocycles. The summed E-state index contributed by atoms with van der Waals surface area (Å²) < 4.78 is 13.5.